The van der Waals surface area contributed by atoms with Crippen LogP contribution in [0.1, 0.15) is 12.1 Å². The highest BCUT2D eigenvalue weighted by atomic mass is 16.4. The van der Waals surface area contributed by atoms with Gasteiger partial charge in [-0.1, -0.05) is 0 Å². The van der Waals surface area contributed by atoms with Crippen molar-refractivity contribution >= 4 is 0 Å². The van der Waals surface area contributed by atoms with Crippen LogP contribution in [0.5, 0.6) is 0 Å². The Labute approximate surface area is 45.9 Å². The highest BCUT2D eigenvalue weighted by Crippen LogP contribution is 2.00. The van der Waals surface area contributed by atoms with Crippen LogP contribution in [-0.2, 0) is 0 Å². The van der Waals surface area contributed by atoms with Crippen molar-refractivity contribution < 1.29 is 9.52 Å². The first-order chi connectivity index (χ1) is 3.80. The standard InChI is InChI=1S/C4H6N2O2/c5-3(7)4-6-1-2-8-4/h1-3,7H,5H2. The molecule has 1 aromatic heterocycles. The molecule has 44 valence electrons. The number of hydrogen-bond donors (Lipinski definition) is 2. The number of aliphatic hydroxyl groups is 1. The lowest BCUT2D eigenvalue weighted by Crippen LogP contribution is -2.08. The quantitative estimate of drug-likeness (QED) is 0.488. The third kappa shape index (κ3) is 0.853. The maximum atomic E-state index is 8.53. The topological polar surface area (TPSA) is 72.3 Å². The number of aliphatic hydroxyl groups excluding tert-OH is 1. The molecule has 1 unspecified atom stereocenters. The molecule has 0 saturated heterocycles. The Balaban J connectivity index is 2.77. The lowest BCUT2D eigenvalue weighted by Gasteiger charge is -1.93. The van der Waals surface area contributed by atoms with Crippen LogP contribution in [0.3, 0.4) is 0 Å². The Hall–Kier alpha value is -0.870. The van der Waals surface area contributed by atoms with E-state index in [1.807, 2.05) is 0 Å². The molecule has 1 rings (SSSR count). The van der Waals surface area contributed by atoms with E-state index in [0.29, 0.717) is 0 Å². The van der Waals surface area contributed by atoms with E-state index in [4.69, 9.17) is 10.8 Å². The summed E-state index contributed by atoms with van der Waals surface area (Å²) in [6.07, 6.45) is 1.68. The van der Waals surface area contributed by atoms with Crippen LogP contribution in [0.4, 0.5) is 0 Å². The fourth-order valence-corrected chi connectivity index (χ4v) is 0.381. The van der Waals surface area contributed by atoms with Crippen LogP contribution >= 0.6 is 0 Å². The average Bonchev–Trinajstić information content (AvgIpc) is 2.12. The number of hydrogen-bond acceptors (Lipinski definition) is 4. The van der Waals surface area contributed by atoms with Gasteiger partial charge in [-0.15, -0.1) is 0 Å². The molecule has 0 aliphatic carbocycles. The van der Waals surface area contributed by atoms with Crippen molar-refractivity contribution in [2.24, 2.45) is 5.73 Å². The Morgan fingerprint density at radius 2 is 2.62 bits per heavy atom. The molecular weight excluding hydrogens is 108 g/mol. The van der Waals surface area contributed by atoms with Gasteiger partial charge in [-0.3, -0.25) is 5.73 Å². The molecular formula is C4H6N2O2. The molecule has 4 heteroatoms. The van der Waals surface area contributed by atoms with Crippen LogP contribution < -0.4 is 5.73 Å². The molecule has 0 spiro atoms. The van der Waals surface area contributed by atoms with E-state index in [0.717, 1.165) is 0 Å². The summed E-state index contributed by atoms with van der Waals surface area (Å²) >= 11 is 0. The summed E-state index contributed by atoms with van der Waals surface area (Å²) < 4.78 is 4.61. The zero-order chi connectivity index (χ0) is 5.98. The van der Waals surface area contributed by atoms with E-state index in [1.54, 1.807) is 0 Å². The van der Waals surface area contributed by atoms with Gasteiger partial charge < -0.3 is 9.52 Å². The zero-order valence-corrected chi connectivity index (χ0v) is 4.11. The van der Waals surface area contributed by atoms with E-state index in [9.17, 15) is 0 Å². The van der Waals surface area contributed by atoms with Gasteiger partial charge in [0, 0.05) is 0 Å². The lowest BCUT2D eigenvalue weighted by atomic mass is 10.6. The van der Waals surface area contributed by atoms with Gasteiger partial charge >= 0.3 is 0 Å². The summed E-state index contributed by atoms with van der Waals surface area (Å²) in [6.45, 7) is 0. The molecule has 0 radical (unpaired) electrons. The second kappa shape index (κ2) is 1.94. The van der Waals surface area contributed by atoms with E-state index < -0.39 is 6.23 Å². The van der Waals surface area contributed by atoms with Crippen LogP contribution in [0, 0.1) is 0 Å². The van der Waals surface area contributed by atoms with Crippen molar-refractivity contribution in [1.82, 2.24) is 4.98 Å². The van der Waals surface area contributed by atoms with Crippen LogP contribution in [0.25, 0.3) is 0 Å². The van der Waals surface area contributed by atoms with Gasteiger partial charge in [0.25, 0.3) is 0 Å². The normalized spacial score (nSPS) is 13.8. The first-order valence-electron chi connectivity index (χ1n) is 2.14. The van der Waals surface area contributed by atoms with Gasteiger partial charge in [-0.25, -0.2) is 4.98 Å². The number of nitrogens with zero attached hydrogens (tertiary/aromatic N) is 1. The minimum absolute atomic E-state index is 0.144. The first-order valence-corrected chi connectivity index (χ1v) is 2.14. The van der Waals surface area contributed by atoms with E-state index in [1.165, 1.54) is 12.5 Å². The maximum Gasteiger partial charge on any atom is 0.238 e. The Kier molecular flexibility index (Phi) is 1.27. The summed E-state index contributed by atoms with van der Waals surface area (Å²) in [6, 6.07) is 0. The maximum absolute atomic E-state index is 8.53. The second-order valence-electron chi connectivity index (χ2n) is 1.32. The molecule has 0 saturated carbocycles. The third-order valence-corrected chi connectivity index (χ3v) is 0.704. The summed E-state index contributed by atoms with van der Waals surface area (Å²) in [5, 5.41) is 8.53. The molecule has 0 aliphatic rings. The second-order valence-corrected chi connectivity index (χ2v) is 1.32. The molecule has 1 aromatic rings. The number of nitrogens with two attached hydrogens (primary N) is 1. The van der Waals surface area contributed by atoms with Gasteiger partial charge in [-0.2, -0.15) is 0 Å². The van der Waals surface area contributed by atoms with Crippen molar-refractivity contribution in [3.63, 3.8) is 0 Å². The predicted octanol–water partition coefficient (Wildman–Crippen LogP) is -0.376. The number of aromatic nitrogens is 1. The van der Waals surface area contributed by atoms with Crippen molar-refractivity contribution in [2.75, 3.05) is 0 Å². The SMILES string of the molecule is NC(O)c1ncco1. The summed E-state index contributed by atoms with van der Waals surface area (Å²) in [7, 11) is 0. The van der Waals surface area contributed by atoms with E-state index in [-0.39, 0.29) is 5.89 Å². The molecule has 3 N–H and O–H groups in total. The molecule has 4 nitrogen and oxygen atoms in total. The minimum Gasteiger partial charge on any atom is -0.445 e. The summed E-state index contributed by atoms with van der Waals surface area (Å²) in [5.41, 5.74) is 4.96. The smallest absolute Gasteiger partial charge is 0.238 e. The highest BCUT2D eigenvalue weighted by Gasteiger charge is 2.02. The number of oxazole rings is 1. The average molecular weight is 114 g/mol. The predicted molar refractivity (Wildman–Crippen MR) is 25.7 cm³/mol. The largest absolute Gasteiger partial charge is 0.445 e. The van der Waals surface area contributed by atoms with Crippen LogP contribution in [0.15, 0.2) is 16.9 Å². The van der Waals surface area contributed by atoms with Gasteiger partial charge in [0.1, 0.15) is 6.26 Å². The molecule has 0 aromatic carbocycles. The van der Waals surface area contributed by atoms with Gasteiger partial charge in [0.2, 0.25) is 5.89 Å². The third-order valence-electron chi connectivity index (χ3n) is 0.704. The fourth-order valence-electron chi connectivity index (χ4n) is 0.381. The van der Waals surface area contributed by atoms with Crippen LogP contribution in [-0.4, -0.2) is 10.1 Å². The summed E-state index contributed by atoms with van der Waals surface area (Å²) in [4.78, 5) is 3.57. The molecule has 1 heterocycles. The Bertz CT molecular complexity index is 147. The van der Waals surface area contributed by atoms with Crippen molar-refractivity contribution in [3.05, 3.63) is 18.4 Å². The molecule has 0 aliphatic heterocycles. The van der Waals surface area contributed by atoms with E-state index in [2.05, 4.69) is 9.40 Å². The van der Waals surface area contributed by atoms with Gasteiger partial charge in [0.05, 0.1) is 6.20 Å². The van der Waals surface area contributed by atoms with Crippen LogP contribution in [0.2, 0.25) is 0 Å². The Morgan fingerprint density at radius 3 is 2.88 bits per heavy atom. The lowest BCUT2D eigenvalue weighted by molar-refractivity contribution is 0.151. The number of rotatable bonds is 1. The molecule has 1 atom stereocenters. The van der Waals surface area contributed by atoms with Crippen molar-refractivity contribution in [1.29, 1.82) is 0 Å². The summed E-state index contributed by atoms with van der Waals surface area (Å²) in [5.74, 6) is 0.144. The minimum atomic E-state index is -1.09. The molecule has 0 fully saturated rings. The fraction of sp³-hybridized carbons (Fsp3) is 0.250. The molecule has 8 heavy (non-hydrogen) atoms. The van der Waals surface area contributed by atoms with Gasteiger partial charge in [0.15, 0.2) is 6.23 Å². The monoisotopic (exact) mass is 114 g/mol. The zero-order valence-electron chi connectivity index (χ0n) is 4.11. The Morgan fingerprint density at radius 1 is 1.88 bits per heavy atom. The van der Waals surface area contributed by atoms with E-state index >= 15 is 0 Å². The molecule has 0 bridgehead atoms. The molecule has 0 amide bonds. The van der Waals surface area contributed by atoms with Crippen molar-refractivity contribution in [3.8, 4) is 0 Å². The van der Waals surface area contributed by atoms with Gasteiger partial charge in [-0.05, 0) is 0 Å². The van der Waals surface area contributed by atoms with Crippen molar-refractivity contribution in [2.45, 2.75) is 6.23 Å². The highest BCUT2D eigenvalue weighted by molar-refractivity contribution is 4.81. The first kappa shape index (κ1) is 5.27.